The van der Waals surface area contributed by atoms with Crippen molar-refractivity contribution in [1.82, 2.24) is 10.6 Å². The zero-order valence-corrected chi connectivity index (χ0v) is 15.9. The summed E-state index contributed by atoms with van der Waals surface area (Å²) in [6.07, 6.45) is 1.23. The quantitative estimate of drug-likeness (QED) is 0.511. The average Bonchev–Trinajstić information content (AvgIpc) is 3.19. The van der Waals surface area contributed by atoms with E-state index in [9.17, 15) is 9.90 Å². The van der Waals surface area contributed by atoms with Gasteiger partial charge in [0.1, 0.15) is 6.10 Å². The molecule has 0 fully saturated rings. The molecule has 4 nitrogen and oxygen atoms in total. The molecule has 5 heteroatoms. The molecule has 0 saturated carbocycles. The summed E-state index contributed by atoms with van der Waals surface area (Å²) in [5.41, 5.74) is 2.15. The Hall–Kier alpha value is -2.63. The number of thiophene rings is 1. The highest BCUT2D eigenvalue weighted by Crippen LogP contribution is 2.28. The highest BCUT2D eigenvalue weighted by atomic mass is 32.1. The normalized spacial score (nSPS) is 11.7. The number of hydrogen-bond donors (Lipinski definition) is 3. The van der Waals surface area contributed by atoms with Gasteiger partial charge in [0.15, 0.2) is 0 Å². The summed E-state index contributed by atoms with van der Waals surface area (Å²) in [4.78, 5) is 13.8. The number of urea groups is 1. The molecule has 140 valence electrons. The number of aliphatic hydroxyl groups excluding tert-OH is 1. The molecule has 2 amide bonds. The summed E-state index contributed by atoms with van der Waals surface area (Å²) >= 11 is 1.51. The van der Waals surface area contributed by atoms with Crippen molar-refractivity contribution < 1.29 is 9.90 Å². The van der Waals surface area contributed by atoms with Gasteiger partial charge in [-0.2, -0.15) is 0 Å². The van der Waals surface area contributed by atoms with E-state index in [-0.39, 0.29) is 6.03 Å². The molecule has 0 aliphatic heterocycles. The molecule has 0 spiro atoms. The van der Waals surface area contributed by atoms with Gasteiger partial charge in [0.25, 0.3) is 0 Å². The van der Waals surface area contributed by atoms with Gasteiger partial charge >= 0.3 is 6.03 Å². The first-order chi connectivity index (χ1) is 13.2. The largest absolute Gasteiger partial charge is 0.383 e. The molecular weight excluding hydrogens is 356 g/mol. The van der Waals surface area contributed by atoms with Gasteiger partial charge in [-0.15, -0.1) is 11.3 Å². The summed E-state index contributed by atoms with van der Waals surface area (Å²) in [5.74, 6) is 0. The third-order valence-electron chi connectivity index (χ3n) is 4.26. The Morgan fingerprint density at radius 2 is 1.63 bits per heavy atom. The van der Waals surface area contributed by atoms with Crippen molar-refractivity contribution in [2.75, 3.05) is 6.54 Å². The fraction of sp³-hybridized carbons (Fsp3) is 0.227. The van der Waals surface area contributed by atoms with Gasteiger partial charge in [-0.05, 0) is 36.1 Å². The molecule has 27 heavy (non-hydrogen) atoms. The van der Waals surface area contributed by atoms with Crippen LogP contribution < -0.4 is 10.6 Å². The Labute approximate surface area is 163 Å². The molecule has 0 aliphatic carbocycles. The van der Waals surface area contributed by atoms with Crippen LogP contribution in [-0.4, -0.2) is 17.7 Å². The maximum atomic E-state index is 11.9. The van der Waals surface area contributed by atoms with E-state index in [4.69, 9.17) is 0 Å². The highest BCUT2D eigenvalue weighted by Gasteiger charge is 2.13. The van der Waals surface area contributed by atoms with Gasteiger partial charge in [0.2, 0.25) is 0 Å². The minimum Gasteiger partial charge on any atom is -0.383 e. The smallest absolute Gasteiger partial charge is 0.315 e. The molecule has 3 rings (SSSR count). The Morgan fingerprint density at radius 1 is 0.926 bits per heavy atom. The van der Waals surface area contributed by atoms with Crippen LogP contribution in [0.15, 0.2) is 72.8 Å². The number of aliphatic hydroxyl groups is 1. The van der Waals surface area contributed by atoms with Crippen LogP contribution in [0, 0.1) is 0 Å². The van der Waals surface area contributed by atoms with Crippen molar-refractivity contribution in [3.63, 3.8) is 0 Å². The van der Waals surface area contributed by atoms with E-state index < -0.39 is 6.10 Å². The second-order valence-electron chi connectivity index (χ2n) is 6.32. The number of amides is 2. The maximum Gasteiger partial charge on any atom is 0.315 e. The van der Waals surface area contributed by atoms with Gasteiger partial charge in [0.05, 0.1) is 6.54 Å². The van der Waals surface area contributed by atoms with Gasteiger partial charge in [-0.3, -0.25) is 0 Å². The topological polar surface area (TPSA) is 61.4 Å². The zero-order chi connectivity index (χ0) is 18.9. The van der Waals surface area contributed by atoms with Crippen molar-refractivity contribution in [3.8, 4) is 0 Å². The Morgan fingerprint density at radius 3 is 2.37 bits per heavy atom. The van der Waals surface area contributed by atoms with Crippen LogP contribution in [0.4, 0.5) is 4.79 Å². The van der Waals surface area contributed by atoms with E-state index in [1.54, 1.807) is 0 Å². The fourth-order valence-electron chi connectivity index (χ4n) is 2.81. The lowest BCUT2D eigenvalue weighted by Gasteiger charge is -2.08. The van der Waals surface area contributed by atoms with Crippen molar-refractivity contribution in [2.24, 2.45) is 0 Å². The average molecular weight is 381 g/mol. The number of aryl methyl sites for hydroxylation is 1. The van der Waals surface area contributed by atoms with E-state index in [2.05, 4.69) is 22.8 Å². The first-order valence-corrected chi connectivity index (χ1v) is 9.91. The minimum atomic E-state index is -0.628. The first kappa shape index (κ1) is 19.1. The standard InChI is InChI=1S/C22H24N2O2S/c25-21(18-11-5-2-6-12-18)20-14-13-19(27-20)16-24-22(26)23-15-7-10-17-8-3-1-4-9-17/h1-6,8-9,11-14,21,25H,7,10,15-16H2,(H2,23,24,26). The fourth-order valence-corrected chi connectivity index (χ4v) is 3.77. The highest BCUT2D eigenvalue weighted by molar-refractivity contribution is 7.12. The lowest BCUT2D eigenvalue weighted by atomic mass is 10.1. The molecular formula is C22H24N2O2S. The third kappa shape index (κ3) is 5.94. The van der Waals surface area contributed by atoms with Crippen LogP contribution in [-0.2, 0) is 13.0 Å². The summed E-state index contributed by atoms with van der Waals surface area (Å²) in [6.45, 7) is 1.10. The second kappa shape index (κ2) is 9.90. The van der Waals surface area contributed by atoms with Crippen molar-refractivity contribution in [1.29, 1.82) is 0 Å². The molecule has 1 heterocycles. The number of carbonyl (C=O) groups excluding carboxylic acids is 1. The van der Waals surface area contributed by atoms with Crippen LogP contribution in [0.1, 0.15) is 33.4 Å². The van der Waals surface area contributed by atoms with Crippen LogP contribution in [0.2, 0.25) is 0 Å². The van der Waals surface area contributed by atoms with Crippen molar-refractivity contribution in [2.45, 2.75) is 25.5 Å². The molecule has 2 aromatic carbocycles. The summed E-state index contributed by atoms with van der Waals surface area (Å²) in [7, 11) is 0. The van der Waals surface area contributed by atoms with Crippen LogP contribution in [0.5, 0.6) is 0 Å². The molecule has 0 saturated heterocycles. The molecule has 1 unspecified atom stereocenters. The van der Waals surface area contributed by atoms with Crippen molar-refractivity contribution in [3.05, 3.63) is 93.7 Å². The molecule has 1 aromatic heterocycles. The number of rotatable bonds is 8. The molecule has 0 bridgehead atoms. The van der Waals surface area contributed by atoms with Crippen LogP contribution in [0.3, 0.4) is 0 Å². The maximum absolute atomic E-state index is 11.9. The number of benzene rings is 2. The van der Waals surface area contributed by atoms with Crippen molar-refractivity contribution >= 4 is 17.4 Å². The van der Waals surface area contributed by atoms with Gasteiger partial charge in [-0.25, -0.2) is 4.79 Å². The summed E-state index contributed by atoms with van der Waals surface area (Å²) in [6, 6.07) is 23.5. The predicted molar refractivity (Wildman–Crippen MR) is 110 cm³/mol. The van der Waals surface area contributed by atoms with Gasteiger partial charge < -0.3 is 15.7 Å². The summed E-state index contributed by atoms with van der Waals surface area (Å²) in [5, 5.41) is 16.2. The van der Waals surface area contributed by atoms with E-state index in [1.807, 2.05) is 60.7 Å². The Bertz CT molecular complexity index is 834. The van der Waals surface area contributed by atoms with Gasteiger partial charge in [0, 0.05) is 16.3 Å². The monoisotopic (exact) mass is 380 g/mol. The van der Waals surface area contributed by atoms with E-state index >= 15 is 0 Å². The third-order valence-corrected chi connectivity index (χ3v) is 5.40. The zero-order valence-electron chi connectivity index (χ0n) is 15.1. The van der Waals surface area contributed by atoms with Gasteiger partial charge in [-0.1, -0.05) is 60.7 Å². The molecule has 3 N–H and O–H groups in total. The first-order valence-electron chi connectivity index (χ1n) is 9.09. The molecule has 0 radical (unpaired) electrons. The molecule has 1 atom stereocenters. The second-order valence-corrected chi connectivity index (χ2v) is 7.52. The lowest BCUT2D eigenvalue weighted by molar-refractivity contribution is 0.224. The van der Waals surface area contributed by atoms with E-state index in [1.165, 1.54) is 16.9 Å². The number of nitrogens with one attached hydrogen (secondary N) is 2. The predicted octanol–water partition coefficient (Wildman–Crippen LogP) is 4.26. The van der Waals surface area contributed by atoms with Crippen LogP contribution in [0.25, 0.3) is 0 Å². The van der Waals surface area contributed by atoms with E-state index in [0.717, 1.165) is 28.2 Å². The summed E-state index contributed by atoms with van der Waals surface area (Å²) < 4.78 is 0. The van der Waals surface area contributed by atoms with Crippen LogP contribution >= 0.6 is 11.3 Å². The Balaban J connectivity index is 1.38. The van der Waals surface area contributed by atoms with E-state index in [0.29, 0.717) is 13.1 Å². The lowest BCUT2D eigenvalue weighted by Crippen LogP contribution is -2.35. The number of hydrogen-bond acceptors (Lipinski definition) is 3. The SMILES string of the molecule is O=C(NCCCc1ccccc1)NCc1ccc(C(O)c2ccccc2)s1. The molecule has 3 aromatic rings. The number of carbonyl (C=O) groups is 1. The Kier molecular flexibility index (Phi) is 7.02. The minimum absolute atomic E-state index is 0.165. The molecule has 0 aliphatic rings.